The minimum Gasteiger partial charge on any atom is -0.481 e. The first-order chi connectivity index (χ1) is 9.97. The first-order valence-corrected chi connectivity index (χ1v) is 7.11. The van der Waals surface area contributed by atoms with Crippen molar-refractivity contribution in [2.24, 2.45) is 0 Å². The molecule has 0 fully saturated rings. The van der Waals surface area contributed by atoms with Crippen molar-refractivity contribution in [1.29, 1.82) is 0 Å². The molecule has 5 nitrogen and oxygen atoms in total. The van der Waals surface area contributed by atoms with Crippen molar-refractivity contribution in [3.8, 4) is 5.75 Å². The topological polar surface area (TPSA) is 55.8 Å². The minimum absolute atomic E-state index is 0.0690. The van der Waals surface area contributed by atoms with Crippen LogP contribution in [0.4, 0.5) is 0 Å². The van der Waals surface area contributed by atoms with Crippen molar-refractivity contribution in [2.45, 2.75) is 33.3 Å². The van der Waals surface area contributed by atoms with Gasteiger partial charge in [-0.25, -0.2) is 0 Å². The fourth-order valence-electron chi connectivity index (χ4n) is 1.81. The standard InChI is InChI=1S/C16H23NO4/c1-5-14(21-13-9-7-12(3)8-10-13)16(19)17(4)11-15(18)20-6-2/h7-10,14H,5-6,11H2,1-4H3. The monoisotopic (exact) mass is 293 g/mol. The third-order valence-electron chi connectivity index (χ3n) is 2.99. The molecule has 0 spiro atoms. The number of ether oxygens (including phenoxy) is 2. The molecule has 1 aromatic carbocycles. The van der Waals surface area contributed by atoms with Gasteiger partial charge in [-0.3, -0.25) is 9.59 Å². The summed E-state index contributed by atoms with van der Waals surface area (Å²) in [5.74, 6) is -0.00463. The summed E-state index contributed by atoms with van der Waals surface area (Å²) < 4.78 is 10.5. The SMILES string of the molecule is CCOC(=O)CN(C)C(=O)C(CC)Oc1ccc(C)cc1. The van der Waals surface area contributed by atoms with Crippen LogP contribution in [0.2, 0.25) is 0 Å². The predicted octanol–water partition coefficient (Wildman–Crippen LogP) is 2.17. The van der Waals surface area contributed by atoms with Gasteiger partial charge < -0.3 is 14.4 Å². The van der Waals surface area contributed by atoms with Crippen molar-refractivity contribution < 1.29 is 19.1 Å². The quantitative estimate of drug-likeness (QED) is 0.723. The first kappa shape index (κ1) is 17.0. The van der Waals surface area contributed by atoms with Gasteiger partial charge in [-0.15, -0.1) is 0 Å². The number of hydrogen-bond donors (Lipinski definition) is 0. The molecule has 1 amide bonds. The van der Waals surface area contributed by atoms with Crippen LogP contribution in [0.5, 0.6) is 5.75 Å². The van der Waals surface area contributed by atoms with E-state index in [0.717, 1.165) is 5.56 Å². The molecule has 0 bridgehead atoms. The van der Waals surface area contributed by atoms with Gasteiger partial charge in [-0.05, 0) is 32.4 Å². The number of carbonyl (C=O) groups excluding carboxylic acids is 2. The molecule has 1 unspecified atom stereocenters. The van der Waals surface area contributed by atoms with Gasteiger partial charge in [0.25, 0.3) is 5.91 Å². The van der Waals surface area contributed by atoms with E-state index >= 15 is 0 Å². The molecule has 0 radical (unpaired) electrons. The highest BCUT2D eigenvalue weighted by atomic mass is 16.5. The van der Waals surface area contributed by atoms with Crippen LogP contribution in [0.3, 0.4) is 0 Å². The molecule has 116 valence electrons. The lowest BCUT2D eigenvalue weighted by Crippen LogP contribution is -2.42. The smallest absolute Gasteiger partial charge is 0.325 e. The van der Waals surface area contributed by atoms with E-state index < -0.39 is 12.1 Å². The average Bonchev–Trinajstić information content (AvgIpc) is 2.46. The normalized spacial score (nSPS) is 11.6. The molecular weight excluding hydrogens is 270 g/mol. The van der Waals surface area contributed by atoms with Crippen molar-refractivity contribution in [3.63, 3.8) is 0 Å². The zero-order valence-electron chi connectivity index (χ0n) is 13.1. The highest BCUT2D eigenvalue weighted by Crippen LogP contribution is 2.15. The van der Waals surface area contributed by atoms with Crippen LogP contribution >= 0.6 is 0 Å². The number of carbonyl (C=O) groups is 2. The Hall–Kier alpha value is -2.04. The summed E-state index contributed by atoms with van der Waals surface area (Å²) >= 11 is 0. The summed E-state index contributed by atoms with van der Waals surface area (Å²) in [7, 11) is 1.57. The number of esters is 1. The van der Waals surface area contributed by atoms with E-state index in [-0.39, 0.29) is 12.5 Å². The van der Waals surface area contributed by atoms with Crippen LogP contribution in [0.25, 0.3) is 0 Å². The summed E-state index contributed by atoms with van der Waals surface area (Å²) in [6, 6.07) is 7.51. The van der Waals surface area contributed by atoms with Crippen LogP contribution in [0.15, 0.2) is 24.3 Å². The Kier molecular flexibility index (Phi) is 6.72. The van der Waals surface area contributed by atoms with E-state index in [4.69, 9.17) is 9.47 Å². The summed E-state index contributed by atoms with van der Waals surface area (Å²) in [4.78, 5) is 25.0. The molecule has 0 aliphatic carbocycles. The van der Waals surface area contributed by atoms with Crippen molar-refractivity contribution >= 4 is 11.9 Å². The molecule has 0 N–H and O–H groups in total. The Balaban J connectivity index is 2.63. The average molecular weight is 293 g/mol. The second kappa shape index (κ2) is 8.29. The Bertz CT molecular complexity index is 470. The fraction of sp³-hybridized carbons (Fsp3) is 0.500. The second-order valence-corrected chi connectivity index (χ2v) is 4.83. The van der Waals surface area contributed by atoms with E-state index in [1.54, 1.807) is 14.0 Å². The fourth-order valence-corrected chi connectivity index (χ4v) is 1.81. The van der Waals surface area contributed by atoms with Crippen LogP contribution < -0.4 is 4.74 Å². The number of likely N-dealkylation sites (N-methyl/N-ethyl adjacent to an activating group) is 1. The van der Waals surface area contributed by atoms with E-state index in [1.165, 1.54) is 4.90 Å². The zero-order valence-corrected chi connectivity index (χ0v) is 13.1. The maximum absolute atomic E-state index is 12.3. The number of aryl methyl sites for hydroxylation is 1. The van der Waals surface area contributed by atoms with Crippen LogP contribution in [-0.2, 0) is 14.3 Å². The molecule has 1 aromatic rings. The Morgan fingerprint density at radius 3 is 2.33 bits per heavy atom. The number of benzene rings is 1. The van der Waals surface area contributed by atoms with E-state index in [9.17, 15) is 9.59 Å². The molecule has 0 saturated heterocycles. The van der Waals surface area contributed by atoms with Gasteiger partial charge >= 0.3 is 5.97 Å². The Morgan fingerprint density at radius 2 is 1.81 bits per heavy atom. The van der Waals surface area contributed by atoms with Gasteiger partial charge in [0.2, 0.25) is 0 Å². The molecule has 1 atom stereocenters. The molecule has 21 heavy (non-hydrogen) atoms. The maximum Gasteiger partial charge on any atom is 0.325 e. The van der Waals surface area contributed by atoms with Crippen molar-refractivity contribution in [3.05, 3.63) is 29.8 Å². The van der Waals surface area contributed by atoms with Crippen LogP contribution in [0, 0.1) is 6.92 Å². The lowest BCUT2D eigenvalue weighted by molar-refractivity contribution is -0.150. The predicted molar refractivity (Wildman–Crippen MR) is 80.2 cm³/mol. The summed E-state index contributed by atoms with van der Waals surface area (Å²) in [6.07, 6.45) is -0.0769. The van der Waals surface area contributed by atoms with Gasteiger partial charge in [-0.2, -0.15) is 0 Å². The zero-order chi connectivity index (χ0) is 15.8. The lowest BCUT2D eigenvalue weighted by atomic mass is 10.2. The summed E-state index contributed by atoms with van der Waals surface area (Å²) in [6.45, 7) is 5.82. The summed E-state index contributed by atoms with van der Waals surface area (Å²) in [5, 5.41) is 0. The first-order valence-electron chi connectivity index (χ1n) is 7.11. The van der Waals surface area contributed by atoms with Gasteiger partial charge in [-0.1, -0.05) is 24.6 Å². The van der Waals surface area contributed by atoms with Gasteiger partial charge in [0.05, 0.1) is 6.61 Å². The number of hydrogen-bond acceptors (Lipinski definition) is 4. The van der Waals surface area contributed by atoms with Gasteiger partial charge in [0.1, 0.15) is 12.3 Å². The van der Waals surface area contributed by atoms with Crippen molar-refractivity contribution in [2.75, 3.05) is 20.2 Å². The third kappa shape index (κ3) is 5.45. The Morgan fingerprint density at radius 1 is 1.19 bits per heavy atom. The molecule has 0 aliphatic heterocycles. The largest absolute Gasteiger partial charge is 0.481 e. The van der Waals surface area contributed by atoms with E-state index in [1.807, 2.05) is 38.1 Å². The Labute approximate surface area is 125 Å². The van der Waals surface area contributed by atoms with Gasteiger partial charge in [0.15, 0.2) is 6.10 Å². The van der Waals surface area contributed by atoms with E-state index in [0.29, 0.717) is 18.8 Å². The number of nitrogens with zero attached hydrogens (tertiary/aromatic N) is 1. The lowest BCUT2D eigenvalue weighted by Gasteiger charge is -2.23. The molecule has 0 aliphatic rings. The van der Waals surface area contributed by atoms with Gasteiger partial charge in [0, 0.05) is 7.05 Å². The van der Waals surface area contributed by atoms with Crippen molar-refractivity contribution in [1.82, 2.24) is 4.90 Å². The van der Waals surface area contributed by atoms with E-state index in [2.05, 4.69) is 0 Å². The molecule has 0 saturated carbocycles. The molecule has 1 rings (SSSR count). The maximum atomic E-state index is 12.3. The molecular formula is C16H23NO4. The number of amides is 1. The highest BCUT2D eigenvalue weighted by molar-refractivity contribution is 5.85. The number of rotatable bonds is 7. The highest BCUT2D eigenvalue weighted by Gasteiger charge is 2.24. The molecule has 5 heteroatoms. The second-order valence-electron chi connectivity index (χ2n) is 4.83. The molecule has 0 aromatic heterocycles. The third-order valence-corrected chi connectivity index (χ3v) is 2.99. The van der Waals surface area contributed by atoms with Crippen LogP contribution in [0.1, 0.15) is 25.8 Å². The minimum atomic E-state index is -0.605. The van der Waals surface area contributed by atoms with Crippen LogP contribution in [-0.4, -0.2) is 43.1 Å². The molecule has 0 heterocycles. The summed E-state index contributed by atoms with van der Waals surface area (Å²) in [5.41, 5.74) is 1.13.